The van der Waals surface area contributed by atoms with E-state index < -0.39 is 5.97 Å². The Morgan fingerprint density at radius 1 is 0.963 bits per heavy atom. The summed E-state index contributed by atoms with van der Waals surface area (Å²) in [6.45, 7) is 0.531. The van der Waals surface area contributed by atoms with Gasteiger partial charge in [0.15, 0.2) is 23.0 Å². The second-order valence-electron chi connectivity index (χ2n) is 5.71. The zero-order valence-corrected chi connectivity index (χ0v) is 14.9. The summed E-state index contributed by atoms with van der Waals surface area (Å²) in [6, 6.07) is 10.8. The molecular weight excluding hydrogens is 372 g/mol. The van der Waals surface area contributed by atoms with Crippen molar-refractivity contribution in [2.45, 2.75) is 0 Å². The van der Waals surface area contributed by atoms with E-state index in [-0.39, 0.29) is 25.2 Å². The third-order valence-electron chi connectivity index (χ3n) is 3.92. The van der Waals surface area contributed by atoms with Gasteiger partial charge in [0.25, 0.3) is 0 Å². The molecule has 4 rings (SSSR count). The van der Waals surface area contributed by atoms with Crippen LogP contribution in [0.1, 0.15) is 11.1 Å². The first-order valence-corrected chi connectivity index (χ1v) is 8.57. The molecule has 2 aromatic rings. The van der Waals surface area contributed by atoms with E-state index in [0.717, 1.165) is 11.3 Å². The third-order valence-corrected chi connectivity index (χ3v) is 4.25. The van der Waals surface area contributed by atoms with Crippen molar-refractivity contribution < 1.29 is 28.5 Å². The molecule has 0 aliphatic carbocycles. The maximum atomic E-state index is 11.9. The van der Waals surface area contributed by atoms with Crippen molar-refractivity contribution in [2.75, 3.05) is 20.2 Å². The number of esters is 1. The Morgan fingerprint density at radius 3 is 2.41 bits per heavy atom. The van der Waals surface area contributed by atoms with E-state index >= 15 is 0 Å². The molecule has 0 N–H and O–H groups in total. The summed E-state index contributed by atoms with van der Waals surface area (Å²) >= 11 is 6.19. The van der Waals surface area contributed by atoms with Crippen LogP contribution in [0.2, 0.25) is 0 Å². The van der Waals surface area contributed by atoms with Gasteiger partial charge in [0.05, 0.1) is 5.03 Å². The first-order chi connectivity index (χ1) is 13.2. The minimum absolute atomic E-state index is 0.120. The molecule has 138 valence electrons. The van der Waals surface area contributed by atoms with Gasteiger partial charge in [0.1, 0.15) is 6.61 Å². The van der Waals surface area contributed by atoms with Crippen molar-refractivity contribution in [3.05, 3.63) is 59.7 Å². The molecule has 0 saturated heterocycles. The molecule has 0 fully saturated rings. The molecule has 2 aliphatic heterocycles. The highest BCUT2D eigenvalue weighted by molar-refractivity contribution is 6.50. The Balaban J connectivity index is 1.32. The van der Waals surface area contributed by atoms with E-state index in [0.29, 0.717) is 22.8 Å². The lowest BCUT2D eigenvalue weighted by Gasteiger charge is -2.02. The van der Waals surface area contributed by atoms with Crippen LogP contribution in [0, 0.1) is 0 Å². The summed E-state index contributed by atoms with van der Waals surface area (Å²) in [5, 5.41) is 0.262. The van der Waals surface area contributed by atoms with Crippen LogP contribution >= 0.6 is 11.6 Å². The molecule has 2 aromatic carbocycles. The molecule has 0 saturated carbocycles. The molecular formula is C20H15ClO6. The highest BCUT2D eigenvalue weighted by Crippen LogP contribution is 2.35. The van der Waals surface area contributed by atoms with Gasteiger partial charge in [0, 0.05) is 6.08 Å². The van der Waals surface area contributed by atoms with Gasteiger partial charge < -0.3 is 23.7 Å². The second kappa shape index (κ2) is 7.63. The molecule has 7 heteroatoms. The van der Waals surface area contributed by atoms with Crippen molar-refractivity contribution >= 4 is 28.7 Å². The Bertz CT molecular complexity index is 934. The maximum Gasteiger partial charge on any atom is 0.332 e. The fourth-order valence-electron chi connectivity index (χ4n) is 2.60. The van der Waals surface area contributed by atoms with E-state index in [1.807, 2.05) is 24.3 Å². The molecule has 0 aromatic heterocycles. The molecule has 6 nitrogen and oxygen atoms in total. The van der Waals surface area contributed by atoms with Crippen LogP contribution in [0.25, 0.3) is 11.1 Å². The molecule has 0 atom stereocenters. The number of carbonyl (C=O) groups is 1. The Morgan fingerprint density at radius 2 is 1.63 bits per heavy atom. The zero-order chi connectivity index (χ0) is 18.6. The maximum absolute atomic E-state index is 11.9. The molecule has 0 amide bonds. The molecule has 0 unspecified atom stereocenters. The molecule has 0 radical (unpaired) electrons. The van der Waals surface area contributed by atoms with E-state index in [1.54, 1.807) is 24.3 Å². The van der Waals surface area contributed by atoms with Crippen LogP contribution in [0.15, 0.2) is 48.6 Å². The van der Waals surface area contributed by atoms with Gasteiger partial charge in [-0.1, -0.05) is 23.7 Å². The summed E-state index contributed by atoms with van der Waals surface area (Å²) in [5.74, 6) is 2.14. The van der Waals surface area contributed by atoms with Crippen LogP contribution in [0.3, 0.4) is 0 Å². The lowest BCUT2D eigenvalue weighted by atomic mass is 10.2. The number of ether oxygens (including phenoxy) is 5. The highest BCUT2D eigenvalue weighted by atomic mass is 35.5. The largest absolute Gasteiger partial charge is 0.458 e. The van der Waals surface area contributed by atoms with Crippen molar-refractivity contribution in [2.24, 2.45) is 0 Å². The normalized spacial score (nSPS) is 14.6. The standard InChI is InChI=1S/C20H15ClO6/c21-15(14-4-6-17-19(9-14)27-12-25-17)10-20(22)23-7-1-2-13-3-5-16-18(8-13)26-11-24-16/h1-6,8-10H,7,11-12H2/b2-1+,15-10+. The van der Waals surface area contributed by atoms with Crippen LogP contribution in [0.4, 0.5) is 0 Å². The average molecular weight is 387 g/mol. The fourth-order valence-corrected chi connectivity index (χ4v) is 2.81. The van der Waals surface area contributed by atoms with Crippen LogP contribution in [0.5, 0.6) is 23.0 Å². The van der Waals surface area contributed by atoms with Crippen molar-refractivity contribution in [3.8, 4) is 23.0 Å². The lowest BCUT2D eigenvalue weighted by molar-refractivity contribution is -0.136. The average Bonchev–Trinajstić information content (AvgIpc) is 3.33. The Labute approximate surface area is 160 Å². The molecule has 2 aliphatic rings. The Hall–Kier alpha value is -3.12. The predicted octanol–water partition coefficient (Wildman–Crippen LogP) is 3.98. The number of hydrogen-bond acceptors (Lipinski definition) is 6. The first kappa shape index (κ1) is 17.3. The van der Waals surface area contributed by atoms with E-state index in [2.05, 4.69) is 0 Å². The summed E-state index contributed by atoms with van der Waals surface area (Å²) in [5.41, 5.74) is 1.57. The number of rotatable bonds is 5. The lowest BCUT2D eigenvalue weighted by Crippen LogP contribution is -2.00. The van der Waals surface area contributed by atoms with Crippen molar-refractivity contribution in [1.29, 1.82) is 0 Å². The van der Waals surface area contributed by atoms with Gasteiger partial charge >= 0.3 is 5.97 Å². The summed E-state index contributed by atoms with van der Waals surface area (Å²) in [4.78, 5) is 11.9. The topological polar surface area (TPSA) is 63.2 Å². The van der Waals surface area contributed by atoms with E-state index in [9.17, 15) is 4.79 Å². The zero-order valence-electron chi connectivity index (χ0n) is 14.1. The molecule has 0 spiro atoms. The summed E-state index contributed by atoms with van der Waals surface area (Å²) in [6.07, 6.45) is 4.80. The number of carbonyl (C=O) groups excluding carboxylic acids is 1. The predicted molar refractivity (Wildman–Crippen MR) is 99.0 cm³/mol. The van der Waals surface area contributed by atoms with E-state index in [4.69, 9.17) is 35.3 Å². The Kier molecular flexibility index (Phi) is 4.89. The van der Waals surface area contributed by atoms with Crippen LogP contribution in [-0.2, 0) is 9.53 Å². The number of halogens is 1. The molecule has 0 bridgehead atoms. The first-order valence-electron chi connectivity index (χ1n) is 8.19. The monoisotopic (exact) mass is 386 g/mol. The second-order valence-corrected chi connectivity index (χ2v) is 6.11. The number of hydrogen-bond donors (Lipinski definition) is 0. The van der Waals surface area contributed by atoms with Gasteiger partial charge in [-0.05, 0) is 47.5 Å². The summed E-state index contributed by atoms with van der Waals surface area (Å²) < 4.78 is 26.3. The smallest absolute Gasteiger partial charge is 0.332 e. The van der Waals surface area contributed by atoms with E-state index in [1.165, 1.54) is 6.08 Å². The number of fused-ring (bicyclic) bond motifs is 2. The highest BCUT2D eigenvalue weighted by Gasteiger charge is 2.15. The van der Waals surface area contributed by atoms with Gasteiger partial charge in [-0.25, -0.2) is 4.79 Å². The van der Waals surface area contributed by atoms with Crippen LogP contribution < -0.4 is 18.9 Å². The van der Waals surface area contributed by atoms with Crippen molar-refractivity contribution in [3.63, 3.8) is 0 Å². The minimum atomic E-state index is -0.534. The van der Waals surface area contributed by atoms with Gasteiger partial charge in [-0.15, -0.1) is 0 Å². The number of benzene rings is 2. The van der Waals surface area contributed by atoms with Gasteiger partial charge in [-0.2, -0.15) is 0 Å². The van der Waals surface area contributed by atoms with Gasteiger partial charge in [0.2, 0.25) is 13.6 Å². The fraction of sp³-hybridized carbons (Fsp3) is 0.150. The van der Waals surface area contributed by atoms with Crippen molar-refractivity contribution in [1.82, 2.24) is 0 Å². The summed E-state index contributed by atoms with van der Waals surface area (Å²) in [7, 11) is 0. The molecule has 2 heterocycles. The van der Waals surface area contributed by atoms with Gasteiger partial charge in [-0.3, -0.25) is 0 Å². The minimum Gasteiger partial charge on any atom is -0.458 e. The van der Waals surface area contributed by atoms with Crippen LogP contribution in [-0.4, -0.2) is 26.2 Å². The quantitative estimate of drug-likeness (QED) is 0.572. The third kappa shape index (κ3) is 4.01. The molecule has 27 heavy (non-hydrogen) atoms. The SMILES string of the molecule is O=C(/C=C(/Cl)c1ccc2c(c1)OCO2)OC/C=C/c1ccc2c(c1)OCO2.